The summed E-state index contributed by atoms with van der Waals surface area (Å²) in [6.07, 6.45) is 3.37. The van der Waals surface area contributed by atoms with Crippen LogP contribution in [0.5, 0.6) is 0 Å². The van der Waals surface area contributed by atoms with Crippen LogP contribution in [0.4, 0.5) is 5.69 Å². The fourth-order valence-electron chi connectivity index (χ4n) is 2.56. The first kappa shape index (κ1) is 13.9. The van der Waals surface area contributed by atoms with E-state index in [4.69, 9.17) is 5.73 Å². The van der Waals surface area contributed by atoms with E-state index in [0.717, 1.165) is 31.5 Å². The quantitative estimate of drug-likeness (QED) is 0.830. The van der Waals surface area contributed by atoms with Crippen LogP contribution in [-0.2, 0) is 0 Å². The van der Waals surface area contributed by atoms with E-state index >= 15 is 0 Å². The molecule has 2 N–H and O–H groups in total. The lowest BCUT2D eigenvalue weighted by Crippen LogP contribution is -2.41. The molecule has 2 rings (SSSR count). The molecule has 1 saturated heterocycles. The minimum atomic E-state index is 0.116. The van der Waals surface area contributed by atoms with E-state index in [-0.39, 0.29) is 5.91 Å². The second-order valence-corrected chi connectivity index (χ2v) is 6.03. The first-order valence-corrected chi connectivity index (χ1v) is 7.10. The van der Waals surface area contributed by atoms with Crippen molar-refractivity contribution in [3.05, 3.63) is 29.3 Å². The Hall–Kier alpha value is -1.51. The van der Waals surface area contributed by atoms with Crippen molar-refractivity contribution < 1.29 is 4.79 Å². The van der Waals surface area contributed by atoms with Gasteiger partial charge >= 0.3 is 0 Å². The van der Waals surface area contributed by atoms with Gasteiger partial charge in [0.1, 0.15) is 0 Å². The number of carbonyl (C=O) groups excluding carboxylic acids is 1. The molecule has 0 saturated carbocycles. The molecule has 3 nitrogen and oxygen atoms in total. The summed E-state index contributed by atoms with van der Waals surface area (Å²) in [4.78, 5) is 14.4. The van der Waals surface area contributed by atoms with E-state index in [1.54, 1.807) is 6.07 Å². The molecule has 3 heteroatoms. The van der Waals surface area contributed by atoms with Crippen LogP contribution >= 0.6 is 0 Å². The van der Waals surface area contributed by atoms with Crippen LogP contribution in [0.2, 0.25) is 0 Å². The van der Waals surface area contributed by atoms with Crippen molar-refractivity contribution in [2.24, 2.45) is 5.41 Å². The highest BCUT2D eigenvalue weighted by molar-refractivity contribution is 5.95. The monoisotopic (exact) mass is 260 g/mol. The number of hydrogen-bond acceptors (Lipinski definition) is 2. The van der Waals surface area contributed by atoms with Crippen molar-refractivity contribution in [1.29, 1.82) is 0 Å². The summed E-state index contributed by atoms with van der Waals surface area (Å²) >= 11 is 0. The summed E-state index contributed by atoms with van der Waals surface area (Å²) in [6, 6.07) is 5.59. The predicted octanol–water partition coefficient (Wildman–Crippen LogP) is 3.23. The zero-order valence-electron chi connectivity index (χ0n) is 12.2. The lowest BCUT2D eigenvalue weighted by atomic mass is 9.78. The normalized spacial score (nSPS) is 18.4. The van der Waals surface area contributed by atoms with Gasteiger partial charge in [0, 0.05) is 24.3 Å². The number of likely N-dealkylation sites (tertiary alicyclic amines) is 1. The van der Waals surface area contributed by atoms with Crippen LogP contribution in [0.25, 0.3) is 0 Å². The van der Waals surface area contributed by atoms with Gasteiger partial charge in [-0.05, 0) is 42.9 Å². The number of anilines is 1. The molecule has 0 aliphatic carbocycles. The Morgan fingerprint density at radius 2 is 2.00 bits per heavy atom. The van der Waals surface area contributed by atoms with Crippen molar-refractivity contribution in [3.8, 4) is 0 Å². The maximum absolute atomic E-state index is 12.4. The average Bonchev–Trinajstić information content (AvgIpc) is 2.42. The molecule has 1 aliphatic rings. The van der Waals surface area contributed by atoms with Gasteiger partial charge in [-0.3, -0.25) is 4.79 Å². The number of piperidine rings is 1. The number of rotatable bonds is 2. The zero-order valence-corrected chi connectivity index (χ0v) is 12.2. The Labute approximate surface area is 115 Å². The average molecular weight is 260 g/mol. The van der Waals surface area contributed by atoms with E-state index in [0.29, 0.717) is 16.7 Å². The van der Waals surface area contributed by atoms with Crippen LogP contribution in [0.3, 0.4) is 0 Å². The van der Waals surface area contributed by atoms with Crippen LogP contribution in [0.1, 0.15) is 49.0 Å². The molecule has 0 atom stereocenters. The summed E-state index contributed by atoms with van der Waals surface area (Å²) < 4.78 is 0. The van der Waals surface area contributed by atoms with Crippen molar-refractivity contribution in [2.45, 2.75) is 40.0 Å². The Balaban J connectivity index is 2.07. The van der Waals surface area contributed by atoms with Crippen molar-refractivity contribution in [1.82, 2.24) is 4.90 Å². The van der Waals surface area contributed by atoms with E-state index in [2.05, 4.69) is 13.8 Å². The van der Waals surface area contributed by atoms with E-state index in [9.17, 15) is 4.79 Å². The van der Waals surface area contributed by atoms with Crippen LogP contribution < -0.4 is 5.73 Å². The number of nitrogen functional groups attached to an aromatic ring is 1. The van der Waals surface area contributed by atoms with Gasteiger partial charge in [-0.25, -0.2) is 0 Å². The molecule has 0 unspecified atom stereocenters. The predicted molar refractivity (Wildman–Crippen MR) is 79.1 cm³/mol. The summed E-state index contributed by atoms with van der Waals surface area (Å²) in [5.41, 5.74) is 8.72. The Morgan fingerprint density at radius 3 is 2.53 bits per heavy atom. The van der Waals surface area contributed by atoms with Gasteiger partial charge < -0.3 is 10.6 Å². The number of carbonyl (C=O) groups is 1. The summed E-state index contributed by atoms with van der Waals surface area (Å²) in [5, 5.41) is 0. The molecule has 104 valence electrons. The van der Waals surface area contributed by atoms with Gasteiger partial charge in [0.25, 0.3) is 5.91 Å². The van der Waals surface area contributed by atoms with Gasteiger partial charge in [-0.2, -0.15) is 0 Å². The summed E-state index contributed by atoms with van der Waals surface area (Å²) in [5.74, 6) is 0.116. The molecular weight excluding hydrogens is 236 g/mol. The fraction of sp³-hybridized carbons (Fsp3) is 0.562. The Morgan fingerprint density at radius 1 is 1.37 bits per heavy atom. The highest BCUT2D eigenvalue weighted by atomic mass is 16.2. The van der Waals surface area contributed by atoms with Crippen molar-refractivity contribution in [2.75, 3.05) is 18.8 Å². The number of hydrogen-bond donors (Lipinski definition) is 1. The smallest absolute Gasteiger partial charge is 0.253 e. The SMILES string of the molecule is CCC1(C)CCN(C(=O)c2ccc(C)c(N)c2)CC1. The summed E-state index contributed by atoms with van der Waals surface area (Å²) in [6.45, 7) is 8.22. The topological polar surface area (TPSA) is 46.3 Å². The maximum atomic E-state index is 12.4. The third-order valence-electron chi connectivity index (χ3n) is 4.64. The molecule has 19 heavy (non-hydrogen) atoms. The van der Waals surface area contributed by atoms with Crippen LogP contribution in [-0.4, -0.2) is 23.9 Å². The highest BCUT2D eigenvalue weighted by Crippen LogP contribution is 2.34. The van der Waals surface area contributed by atoms with E-state index < -0.39 is 0 Å². The van der Waals surface area contributed by atoms with Crippen molar-refractivity contribution >= 4 is 11.6 Å². The van der Waals surface area contributed by atoms with E-state index in [1.807, 2.05) is 24.0 Å². The number of amides is 1. The lowest BCUT2D eigenvalue weighted by Gasteiger charge is -2.39. The van der Waals surface area contributed by atoms with Crippen molar-refractivity contribution in [3.63, 3.8) is 0 Å². The third-order valence-corrected chi connectivity index (χ3v) is 4.64. The van der Waals surface area contributed by atoms with E-state index in [1.165, 1.54) is 6.42 Å². The van der Waals surface area contributed by atoms with Gasteiger partial charge in [0.05, 0.1) is 0 Å². The molecule has 0 radical (unpaired) electrons. The minimum Gasteiger partial charge on any atom is -0.398 e. The third kappa shape index (κ3) is 2.91. The van der Waals surface area contributed by atoms with Gasteiger partial charge in [-0.1, -0.05) is 26.3 Å². The van der Waals surface area contributed by atoms with Gasteiger partial charge in [0.15, 0.2) is 0 Å². The maximum Gasteiger partial charge on any atom is 0.253 e. The van der Waals surface area contributed by atoms with Gasteiger partial charge in [-0.15, -0.1) is 0 Å². The summed E-state index contributed by atoms with van der Waals surface area (Å²) in [7, 11) is 0. The second kappa shape index (κ2) is 5.24. The molecule has 1 amide bonds. The molecule has 0 spiro atoms. The van der Waals surface area contributed by atoms with Gasteiger partial charge in [0.2, 0.25) is 0 Å². The molecule has 1 fully saturated rings. The first-order valence-electron chi connectivity index (χ1n) is 7.10. The zero-order chi connectivity index (χ0) is 14.0. The minimum absolute atomic E-state index is 0.116. The number of benzene rings is 1. The number of nitrogens with two attached hydrogens (primary N) is 1. The molecule has 1 aliphatic heterocycles. The number of nitrogens with zero attached hydrogens (tertiary/aromatic N) is 1. The van der Waals surface area contributed by atoms with Crippen LogP contribution in [0.15, 0.2) is 18.2 Å². The molecule has 0 bridgehead atoms. The molecule has 1 aromatic rings. The Kier molecular flexibility index (Phi) is 3.83. The second-order valence-electron chi connectivity index (χ2n) is 6.03. The molecule has 1 aromatic carbocycles. The largest absolute Gasteiger partial charge is 0.398 e. The highest BCUT2D eigenvalue weighted by Gasteiger charge is 2.30. The number of aryl methyl sites for hydroxylation is 1. The first-order chi connectivity index (χ1) is 8.95. The molecular formula is C16H24N2O. The van der Waals surface area contributed by atoms with Crippen LogP contribution in [0, 0.1) is 12.3 Å². The standard InChI is InChI=1S/C16H24N2O/c1-4-16(3)7-9-18(10-8-16)15(19)13-6-5-12(2)14(17)11-13/h5-6,11H,4,7-10,17H2,1-3H3. The fourth-order valence-corrected chi connectivity index (χ4v) is 2.56. The molecule has 0 aromatic heterocycles. The Bertz CT molecular complexity index is 474. The lowest BCUT2D eigenvalue weighted by molar-refractivity contribution is 0.0600. The molecule has 1 heterocycles.